The third kappa shape index (κ3) is 1.24. The zero-order chi connectivity index (χ0) is 8.73. The van der Waals surface area contributed by atoms with Crippen molar-refractivity contribution in [3.05, 3.63) is 0 Å². The van der Waals surface area contributed by atoms with Crippen LogP contribution in [-0.2, 0) is 0 Å². The molecule has 0 amide bonds. The summed E-state index contributed by atoms with van der Waals surface area (Å²) in [4.78, 5) is 0. The Morgan fingerprint density at radius 1 is 1.08 bits per heavy atom. The van der Waals surface area contributed by atoms with Gasteiger partial charge in [-0.15, -0.1) is 0 Å². The first-order chi connectivity index (χ1) is 6.39. The van der Waals surface area contributed by atoms with Crippen LogP contribution in [0, 0.1) is 17.3 Å². The van der Waals surface area contributed by atoms with Crippen LogP contribution >= 0.6 is 0 Å². The molecule has 1 saturated heterocycles. The Hall–Kier alpha value is -0.0400. The fraction of sp³-hybridized carbons (Fsp3) is 1.00. The van der Waals surface area contributed by atoms with Gasteiger partial charge in [0.25, 0.3) is 0 Å². The van der Waals surface area contributed by atoms with Crippen LogP contribution in [0.2, 0.25) is 0 Å². The summed E-state index contributed by atoms with van der Waals surface area (Å²) < 4.78 is 0. The molecule has 0 aromatic rings. The number of hydrogen-bond donors (Lipinski definition) is 1. The Balaban J connectivity index is 1.81. The summed E-state index contributed by atoms with van der Waals surface area (Å²) in [5.41, 5.74) is 0.763. The van der Waals surface area contributed by atoms with Crippen LogP contribution in [0.25, 0.3) is 0 Å². The smallest absolute Gasteiger partial charge is 0.00106 e. The average molecular weight is 179 g/mol. The van der Waals surface area contributed by atoms with Gasteiger partial charge in [-0.3, -0.25) is 0 Å². The summed E-state index contributed by atoms with van der Waals surface area (Å²) in [6, 6.07) is 0. The summed E-state index contributed by atoms with van der Waals surface area (Å²) in [5.74, 6) is 2.19. The number of hydrogen-bond acceptors (Lipinski definition) is 1. The van der Waals surface area contributed by atoms with Crippen molar-refractivity contribution in [2.45, 2.75) is 44.9 Å². The first kappa shape index (κ1) is 8.28. The maximum Gasteiger partial charge on any atom is 0.00106 e. The second-order valence-corrected chi connectivity index (χ2v) is 5.56. The second-order valence-electron chi connectivity index (χ2n) is 5.56. The number of fused-ring (bicyclic) bond motifs is 2. The van der Waals surface area contributed by atoms with E-state index in [2.05, 4.69) is 5.32 Å². The summed E-state index contributed by atoms with van der Waals surface area (Å²) in [6.45, 7) is 2.62. The summed E-state index contributed by atoms with van der Waals surface area (Å²) >= 11 is 0. The predicted molar refractivity (Wildman–Crippen MR) is 54.6 cm³/mol. The van der Waals surface area contributed by atoms with Gasteiger partial charge in [0.05, 0.1) is 0 Å². The molecule has 4 rings (SSSR count). The predicted octanol–water partition coefficient (Wildman–Crippen LogP) is 2.57. The maximum absolute atomic E-state index is 3.63. The molecule has 1 nitrogen and oxygen atoms in total. The summed E-state index contributed by atoms with van der Waals surface area (Å²) in [6.07, 6.45) is 10.7. The van der Waals surface area contributed by atoms with Crippen LogP contribution in [0.1, 0.15) is 44.9 Å². The first-order valence-electron chi connectivity index (χ1n) is 6.10. The monoisotopic (exact) mass is 179 g/mol. The molecular weight excluding hydrogens is 158 g/mol. The number of piperidine rings is 1. The van der Waals surface area contributed by atoms with Gasteiger partial charge in [-0.25, -0.2) is 0 Å². The lowest BCUT2D eigenvalue weighted by atomic mass is 9.54. The molecule has 1 atom stereocenters. The zero-order valence-electron chi connectivity index (χ0n) is 8.52. The van der Waals surface area contributed by atoms with Gasteiger partial charge in [-0.1, -0.05) is 12.8 Å². The summed E-state index contributed by atoms with van der Waals surface area (Å²) in [5, 5.41) is 3.63. The maximum atomic E-state index is 3.63. The van der Waals surface area contributed by atoms with E-state index in [9.17, 15) is 0 Å². The van der Waals surface area contributed by atoms with Crippen LogP contribution < -0.4 is 5.32 Å². The standard InChI is InChI=1S/C12H21N/c1-6-12(9-13-7-1)8-10-2-4-11(12)5-3-10/h10-11,13H,1-9H2. The van der Waals surface area contributed by atoms with E-state index >= 15 is 0 Å². The van der Waals surface area contributed by atoms with Gasteiger partial charge >= 0.3 is 0 Å². The molecule has 1 heteroatoms. The highest BCUT2D eigenvalue weighted by atomic mass is 14.9. The minimum Gasteiger partial charge on any atom is -0.316 e. The SMILES string of the molecule is C1CNCC2(C1)CC1CCC2CC1. The van der Waals surface area contributed by atoms with Gasteiger partial charge in [-0.2, -0.15) is 0 Å². The lowest BCUT2D eigenvalue weighted by molar-refractivity contribution is -0.0168. The third-order valence-corrected chi connectivity index (χ3v) is 4.91. The second kappa shape index (κ2) is 2.98. The van der Waals surface area contributed by atoms with Crippen molar-refractivity contribution in [1.29, 1.82) is 0 Å². The van der Waals surface area contributed by atoms with Crippen LogP contribution in [-0.4, -0.2) is 13.1 Å². The molecule has 0 aromatic heterocycles. The molecule has 0 radical (unpaired) electrons. The molecule has 1 spiro atoms. The zero-order valence-corrected chi connectivity index (χ0v) is 8.52. The topological polar surface area (TPSA) is 12.0 Å². The lowest BCUT2D eigenvalue weighted by Gasteiger charge is -2.54. The Morgan fingerprint density at radius 3 is 2.46 bits per heavy atom. The van der Waals surface area contributed by atoms with Crippen LogP contribution in [0.4, 0.5) is 0 Å². The van der Waals surface area contributed by atoms with Gasteiger partial charge in [0.2, 0.25) is 0 Å². The van der Waals surface area contributed by atoms with Gasteiger partial charge in [-0.05, 0) is 55.9 Å². The average Bonchev–Trinajstić information content (AvgIpc) is 2.20. The molecule has 1 aliphatic heterocycles. The third-order valence-electron chi connectivity index (χ3n) is 4.91. The van der Waals surface area contributed by atoms with E-state index in [1.807, 2.05) is 0 Å². The number of rotatable bonds is 0. The van der Waals surface area contributed by atoms with Crippen molar-refractivity contribution in [3.8, 4) is 0 Å². The van der Waals surface area contributed by atoms with Crippen LogP contribution in [0.15, 0.2) is 0 Å². The van der Waals surface area contributed by atoms with Crippen LogP contribution in [0.3, 0.4) is 0 Å². The lowest BCUT2D eigenvalue weighted by Crippen LogP contribution is -2.50. The van der Waals surface area contributed by atoms with E-state index in [0.717, 1.165) is 17.3 Å². The normalized spacial score (nSPS) is 49.8. The highest BCUT2D eigenvalue weighted by Gasteiger charge is 2.47. The Bertz CT molecular complexity index is 185. The summed E-state index contributed by atoms with van der Waals surface area (Å²) in [7, 11) is 0. The Kier molecular flexibility index (Phi) is 1.90. The Labute approximate surface area is 81.3 Å². The van der Waals surface area contributed by atoms with Crippen molar-refractivity contribution < 1.29 is 0 Å². The fourth-order valence-corrected chi connectivity index (χ4v) is 4.23. The van der Waals surface area contributed by atoms with Crippen molar-refractivity contribution in [2.24, 2.45) is 17.3 Å². The molecule has 1 heterocycles. The van der Waals surface area contributed by atoms with E-state index in [4.69, 9.17) is 0 Å². The van der Waals surface area contributed by atoms with Gasteiger partial charge in [0.15, 0.2) is 0 Å². The highest BCUT2D eigenvalue weighted by Crippen LogP contribution is 2.55. The minimum atomic E-state index is 0.763. The molecule has 3 saturated carbocycles. The molecule has 1 unspecified atom stereocenters. The van der Waals surface area contributed by atoms with Crippen molar-refractivity contribution in [3.63, 3.8) is 0 Å². The molecule has 2 bridgehead atoms. The van der Waals surface area contributed by atoms with E-state index in [-0.39, 0.29) is 0 Å². The van der Waals surface area contributed by atoms with E-state index in [0.29, 0.717) is 0 Å². The van der Waals surface area contributed by atoms with E-state index in [1.165, 1.54) is 25.9 Å². The van der Waals surface area contributed by atoms with Gasteiger partial charge < -0.3 is 5.32 Å². The quantitative estimate of drug-likeness (QED) is 0.602. The van der Waals surface area contributed by atoms with Crippen molar-refractivity contribution >= 4 is 0 Å². The highest BCUT2D eigenvalue weighted by molar-refractivity contribution is 4.99. The molecule has 4 aliphatic rings. The molecular formula is C12H21N. The molecule has 0 aromatic carbocycles. The Morgan fingerprint density at radius 2 is 1.92 bits per heavy atom. The van der Waals surface area contributed by atoms with Gasteiger partial charge in [0, 0.05) is 6.54 Å². The fourth-order valence-electron chi connectivity index (χ4n) is 4.23. The van der Waals surface area contributed by atoms with Crippen molar-refractivity contribution in [2.75, 3.05) is 13.1 Å². The first-order valence-corrected chi connectivity index (χ1v) is 6.10. The molecule has 4 fully saturated rings. The minimum absolute atomic E-state index is 0.763. The van der Waals surface area contributed by atoms with E-state index in [1.54, 1.807) is 32.1 Å². The largest absolute Gasteiger partial charge is 0.316 e. The molecule has 13 heavy (non-hydrogen) atoms. The van der Waals surface area contributed by atoms with E-state index < -0.39 is 0 Å². The molecule has 3 aliphatic carbocycles. The van der Waals surface area contributed by atoms with Gasteiger partial charge in [0.1, 0.15) is 0 Å². The number of nitrogens with one attached hydrogen (secondary N) is 1. The van der Waals surface area contributed by atoms with Crippen molar-refractivity contribution in [1.82, 2.24) is 5.32 Å². The van der Waals surface area contributed by atoms with Crippen LogP contribution in [0.5, 0.6) is 0 Å². The molecule has 74 valence electrons. The molecule has 1 N–H and O–H groups in total.